The summed E-state index contributed by atoms with van der Waals surface area (Å²) in [6.45, 7) is 0. The van der Waals surface area contributed by atoms with E-state index in [-0.39, 0.29) is 10.0 Å². The molecule has 0 bridgehead atoms. The molecule has 0 aliphatic heterocycles. The minimum atomic E-state index is -0.540. The average molecular weight is 191 g/mol. The van der Waals surface area contributed by atoms with Gasteiger partial charge in [-0.3, -0.25) is 4.79 Å². The molecule has 0 atom stereocenters. The Balaban J connectivity index is 3.54. The molecule has 0 amide bonds. The zero-order chi connectivity index (χ0) is 8.43. The van der Waals surface area contributed by atoms with Crippen molar-refractivity contribution in [3.8, 4) is 5.75 Å². The third-order valence-electron chi connectivity index (χ3n) is 1.07. The lowest BCUT2D eigenvalue weighted by molar-refractivity contribution is 0.471. The summed E-state index contributed by atoms with van der Waals surface area (Å²) >= 11 is 11.0. The fourth-order valence-electron chi connectivity index (χ4n) is 0.616. The van der Waals surface area contributed by atoms with Crippen LogP contribution < -0.4 is 5.43 Å². The number of halogens is 2. The largest absolute Gasteiger partial charge is 0.504 e. The summed E-state index contributed by atoms with van der Waals surface area (Å²) in [5.74, 6) is -0.401. The second kappa shape index (κ2) is 3.11. The van der Waals surface area contributed by atoms with E-state index in [1.807, 2.05) is 0 Å². The van der Waals surface area contributed by atoms with E-state index in [0.29, 0.717) is 0 Å². The van der Waals surface area contributed by atoms with Crippen molar-refractivity contribution in [1.82, 2.24) is 0 Å². The van der Waals surface area contributed by atoms with Crippen LogP contribution in [0.3, 0.4) is 0 Å². The molecule has 1 aromatic carbocycles. The monoisotopic (exact) mass is 190 g/mol. The Labute approximate surface area is 73.0 Å². The summed E-state index contributed by atoms with van der Waals surface area (Å²) in [6, 6.07) is 3.63. The van der Waals surface area contributed by atoms with Crippen LogP contribution in [0.4, 0.5) is 0 Å². The van der Waals surface area contributed by atoms with Gasteiger partial charge in [-0.1, -0.05) is 23.2 Å². The summed E-state index contributed by atoms with van der Waals surface area (Å²) in [5, 5.41) is 9.37. The topological polar surface area (TPSA) is 37.3 Å². The van der Waals surface area contributed by atoms with E-state index in [0.717, 1.165) is 12.1 Å². The van der Waals surface area contributed by atoms with Crippen molar-refractivity contribution in [2.75, 3.05) is 0 Å². The first-order valence-electron chi connectivity index (χ1n) is 2.79. The molecule has 0 aliphatic carbocycles. The smallest absolute Gasteiger partial charge is 0.221 e. The molecule has 0 saturated heterocycles. The fourth-order valence-corrected chi connectivity index (χ4v) is 1.11. The lowest BCUT2D eigenvalue weighted by Gasteiger charge is -1.79. The molecular formula is C7H4Cl2O2. The first-order valence-corrected chi connectivity index (χ1v) is 3.54. The van der Waals surface area contributed by atoms with Gasteiger partial charge in [-0.2, -0.15) is 0 Å². The van der Waals surface area contributed by atoms with E-state index in [1.165, 1.54) is 6.07 Å². The molecule has 2 nitrogen and oxygen atoms in total. The quantitative estimate of drug-likeness (QED) is 0.681. The maximum absolute atomic E-state index is 10.8. The predicted octanol–water partition coefficient (Wildman–Crippen LogP) is 2.06. The first-order chi connectivity index (χ1) is 5.09. The SMILES string of the molecule is O=c1cc(Cl)cc(Cl)cc1O. The van der Waals surface area contributed by atoms with Crippen LogP contribution in [0.2, 0.25) is 10.0 Å². The van der Waals surface area contributed by atoms with Gasteiger partial charge in [0.1, 0.15) is 0 Å². The van der Waals surface area contributed by atoms with E-state index in [2.05, 4.69) is 0 Å². The van der Waals surface area contributed by atoms with Gasteiger partial charge < -0.3 is 5.11 Å². The van der Waals surface area contributed by atoms with Gasteiger partial charge in [0.2, 0.25) is 5.43 Å². The minimum absolute atomic E-state index is 0.209. The van der Waals surface area contributed by atoms with Gasteiger partial charge in [-0.05, 0) is 6.07 Å². The van der Waals surface area contributed by atoms with E-state index in [9.17, 15) is 4.79 Å². The number of hydrogen-bond donors (Lipinski definition) is 1. The molecule has 0 heterocycles. The van der Waals surface area contributed by atoms with Gasteiger partial charge in [-0.15, -0.1) is 0 Å². The van der Waals surface area contributed by atoms with Crippen LogP contribution >= 0.6 is 23.2 Å². The van der Waals surface area contributed by atoms with Crippen LogP contribution in [0.5, 0.6) is 5.75 Å². The Kier molecular flexibility index (Phi) is 2.37. The molecular weight excluding hydrogens is 187 g/mol. The van der Waals surface area contributed by atoms with Crippen molar-refractivity contribution in [2.24, 2.45) is 0 Å². The Hall–Kier alpha value is -0.730. The summed E-state index contributed by atoms with van der Waals surface area (Å²) in [5.41, 5.74) is -0.540. The van der Waals surface area contributed by atoms with Crippen molar-refractivity contribution >= 4 is 23.2 Å². The maximum atomic E-state index is 10.8. The molecule has 11 heavy (non-hydrogen) atoms. The van der Waals surface area contributed by atoms with Gasteiger partial charge in [0.25, 0.3) is 0 Å². The molecule has 0 aromatic heterocycles. The van der Waals surface area contributed by atoms with Crippen LogP contribution in [0.1, 0.15) is 0 Å². The Morgan fingerprint density at radius 1 is 1.09 bits per heavy atom. The molecule has 1 N–H and O–H groups in total. The normalized spacial score (nSPS) is 9.64. The third-order valence-corrected chi connectivity index (χ3v) is 1.51. The summed E-state index contributed by atoms with van der Waals surface area (Å²) in [4.78, 5) is 10.8. The molecule has 0 saturated carbocycles. The van der Waals surface area contributed by atoms with Gasteiger partial charge in [0.15, 0.2) is 5.75 Å². The lowest BCUT2D eigenvalue weighted by Crippen LogP contribution is -1.91. The fraction of sp³-hybridized carbons (Fsp3) is 0. The van der Waals surface area contributed by atoms with Crippen molar-refractivity contribution in [3.63, 3.8) is 0 Å². The highest BCUT2D eigenvalue weighted by Gasteiger charge is 1.96. The third kappa shape index (κ3) is 2.10. The molecule has 0 unspecified atom stereocenters. The van der Waals surface area contributed by atoms with Crippen molar-refractivity contribution in [3.05, 3.63) is 38.5 Å². The highest BCUT2D eigenvalue weighted by molar-refractivity contribution is 6.34. The standard InChI is InChI=1S/C7H4Cl2O2/c8-4-1-5(9)3-7(11)6(10)2-4/h1-3H,(H,10,11). The molecule has 1 aromatic rings. The highest BCUT2D eigenvalue weighted by atomic mass is 35.5. The number of hydrogen-bond acceptors (Lipinski definition) is 2. The first kappa shape index (κ1) is 8.37. The molecule has 0 spiro atoms. The lowest BCUT2D eigenvalue weighted by atomic mass is 10.5. The summed E-state index contributed by atoms with van der Waals surface area (Å²) in [7, 11) is 0. The minimum Gasteiger partial charge on any atom is -0.504 e. The van der Waals surface area contributed by atoms with E-state index >= 15 is 0 Å². The average Bonchev–Trinajstić information content (AvgIpc) is 1.93. The van der Waals surface area contributed by atoms with Crippen molar-refractivity contribution in [1.29, 1.82) is 0 Å². The summed E-state index contributed by atoms with van der Waals surface area (Å²) < 4.78 is 0. The van der Waals surface area contributed by atoms with Crippen LogP contribution in [0, 0.1) is 0 Å². The zero-order valence-corrected chi connectivity index (χ0v) is 6.86. The van der Waals surface area contributed by atoms with Gasteiger partial charge in [0.05, 0.1) is 0 Å². The van der Waals surface area contributed by atoms with Gasteiger partial charge in [0, 0.05) is 22.2 Å². The van der Waals surface area contributed by atoms with Gasteiger partial charge >= 0.3 is 0 Å². The molecule has 0 fully saturated rings. The maximum Gasteiger partial charge on any atom is 0.221 e. The van der Waals surface area contributed by atoms with Crippen LogP contribution in [-0.2, 0) is 0 Å². The molecule has 0 aliphatic rings. The summed E-state index contributed by atoms with van der Waals surface area (Å²) in [6.07, 6.45) is 0. The predicted molar refractivity (Wildman–Crippen MR) is 44.4 cm³/mol. The Morgan fingerprint density at radius 2 is 1.64 bits per heavy atom. The molecule has 0 radical (unpaired) electrons. The van der Waals surface area contributed by atoms with E-state index in [4.69, 9.17) is 28.3 Å². The molecule has 1 rings (SSSR count). The number of rotatable bonds is 0. The van der Waals surface area contributed by atoms with Gasteiger partial charge in [-0.25, -0.2) is 0 Å². The van der Waals surface area contributed by atoms with Crippen molar-refractivity contribution < 1.29 is 5.11 Å². The molecule has 58 valence electrons. The van der Waals surface area contributed by atoms with Crippen LogP contribution in [0.15, 0.2) is 23.0 Å². The Morgan fingerprint density at radius 3 is 2.27 bits per heavy atom. The van der Waals surface area contributed by atoms with E-state index < -0.39 is 11.2 Å². The number of aromatic hydroxyl groups is 1. The molecule has 4 heteroatoms. The van der Waals surface area contributed by atoms with Crippen molar-refractivity contribution in [2.45, 2.75) is 0 Å². The van der Waals surface area contributed by atoms with Crippen LogP contribution in [-0.4, -0.2) is 5.11 Å². The Bertz CT molecular complexity index is 336. The second-order valence-electron chi connectivity index (χ2n) is 1.95. The second-order valence-corrected chi connectivity index (χ2v) is 2.83. The highest BCUT2D eigenvalue weighted by Crippen LogP contribution is 2.15. The van der Waals surface area contributed by atoms with E-state index in [1.54, 1.807) is 0 Å². The van der Waals surface area contributed by atoms with Crippen LogP contribution in [0.25, 0.3) is 0 Å². The zero-order valence-electron chi connectivity index (χ0n) is 5.34.